The van der Waals surface area contributed by atoms with Gasteiger partial charge in [0.1, 0.15) is 5.60 Å². The van der Waals surface area contributed by atoms with Crippen molar-refractivity contribution in [1.82, 2.24) is 0 Å². The molecule has 0 amide bonds. The fraction of sp³-hybridized carbons (Fsp3) is 0.526. The molecule has 116 valence electrons. The lowest BCUT2D eigenvalue weighted by atomic mass is 10.0. The van der Waals surface area contributed by atoms with E-state index in [0.717, 1.165) is 12.0 Å². The molecule has 1 aromatic rings. The first-order valence-electron chi connectivity index (χ1n) is 7.85. The summed E-state index contributed by atoms with van der Waals surface area (Å²) in [4.78, 5) is 12.0. The maximum Gasteiger partial charge on any atom is 0.338 e. The van der Waals surface area contributed by atoms with Gasteiger partial charge in [-0.3, -0.25) is 0 Å². The molecule has 0 aromatic heterocycles. The van der Waals surface area contributed by atoms with Crippen LogP contribution in [-0.4, -0.2) is 11.6 Å². The average Bonchev–Trinajstić information content (AvgIpc) is 2.41. The molecule has 0 aliphatic carbocycles. The van der Waals surface area contributed by atoms with Crippen molar-refractivity contribution in [3.05, 3.63) is 42.0 Å². The topological polar surface area (TPSA) is 26.3 Å². The Labute approximate surface area is 129 Å². The minimum absolute atomic E-state index is 0.349. The summed E-state index contributed by atoms with van der Waals surface area (Å²) in [6.45, 7) is 11.6. The molecule has 0 aliphatic rings. The van der Waals surface area contributed by atoms with Gasteiger partial charge in [-0.05, 0) is 44.7 Å². The number of esters is 1. The van der Waals surface area contributed by atoms with E-state index < -0.39 is 5.60 Å². The molecule has 0 saturated carbocycles. The number of carbonyl (C=O) groups is 1. The predicted octanol–water partition coefficient (Wildman–Crippen LogP) is 5.16. The number of unbranched alkanes of at least 4 members (excludes halogenated alkanes) is 3. The van der Waals surface area contributed by atoms with Crippen LogP contribution >= 0.6 is 0 Å². The van der Waals surface area contributed by atoms with Crippen molar-refractivity contribution in [1.29, 1.82) is 0 Å². The van der Waals surface area contributed by atoms with Crippen molar-refractivity contribution in [2.45, 2.75) is 65.4 Å². The zero-order valence-electron chi connectivity index (χ0n) is 13.9. The van der Waals surface area contributed by atoms with E-state index >= 15 is 0 Å². The molecule has 0 heterocycles. The standard InChI is InChI=1S/C19H28O2/c1-6-7-8-9-10-16-11-13-17(14-12-16)15(2)18(20)21-19(3,4)5/h11-14H,2,6-10H2,1,3-5H3. The van der Waals surface area contributed by atoms with Gasteiger partial charge in [0.05, 0.1) is 5.57 Å². The smallest absolute Gasteiger partial charge is 0.338 e. The third kappa shape index (κ3) is 6.61. The summed E-state index contributed by atoms with van der Waals surface area (Å²) in [7, 11) is 0. The Morgan fingerprint density at radius 2 is 1.71 bits per heavy atom. The van der Waals surface area contributed by atoms with E-state index in [1.165, 1.54) is 31.2 Å². The lowest BCUT2D eigenvalue weighted by molar-refractivity contribution is -0.147. The largest absolute Gasteiger partial charge is 0.456 e. The first-order chi connectivity index (χ1) is 9.83. The fourth-order valence-electron chi connectivity index (χ4n) is 2.09. The third-order valence-electron chi connectivity index (χ3n) is 3.27. The first-order valence-corrected chi connectivity index (χ1v) is 7.85. The Kier molecular flexibility index (Phi) is 6.67. The summed E-state index contributed by atoms with van der Waals surface area (Å²) in [5.41, 5.74) is 2.08. The summed E-state index contributed by atoms with van der Waals surface area (Å²) >= 11 is 0. The van der Waals surface area contributed by atoms with Gasteiger partial charge >= 0.3 is 5.97 Å². The van der Waals surface area contributed by atoms with Crippen molar-refractivity contribution in [2.24, 2.45) is 0 Å². The van der Waals surface area contributed by atoms with Gasteiger partial charge in [-0.1, -0.05) is 57.0 Å². The number of benzene rings is 1. The highest BCUT2D eigenvalue weighted by molar-refractivity contribution is 6.15. The number of carbonyl (C=O) groups excluding carboxylic acids is 1. The molecule has 2 heteroatoms. The molecule has 0 atom stereocenters. The predicted molar refractivity (Wildman–Crippen MR) is 89.2 cm³/mol. The monoisotopic (exact) mass is 288 g/mol. The quantitative estimate of drug-likeness (QED) is 0.393. The summed E-state index contributed by atoms with van der Waals surface area (Å²) < 4.78 is 5.34. The van der Waals surface area contributed by atoms with Crippen LogP contribution in [0.4, 0.5) is 0 Å². The van der Waals surface area contributed by atoms with Gasteiger partial charge in [0, 0.05) is 0 Å². The number of rotatable bonds is 7. The second kappa shape index (κ2) is 8.02. The van der Waals surface area contributed by atoms with E-state index in [-0.39, 0.29) is 5.97 Å². The molecule has 0 spiro atoms. The Morgan fingerprint density at radius 3 is 2.24 bits per heavy atom. The van der Waals surface area contributed by atoms with Gasteiger partial charge in [0.25, 0.3) is 0 Å². The number of ether oxygens (including phenoxy) is 1. The Balaban J connectivity index is 2.57. The molecule has 2 nitrogen and oxygen atoms in total. The Morgan fingerprint density at radius 1 is 1.10 bits per heavy atom. The van der Waals surface area contributed by atoms with E-state index in [2.05, 4.69) is 25.6 Å². The number of hydrogen-bond donors (Lipinski definition) is 0. The highest BCUT2D eigenvalue weighted by atomic mass is 16.6. The van der Waals surface area contributed by atoms with Crippen LogP contribution in [0.3, 0.4) is 0 Å². The lowest BCUT2D eigenvalue weighted by Crippen LogP contribution is -2.24. The van der Waals surface area contributed by atoms with E-state index in [1.54, 1.807) is 0 Å². The summed E-state index contributed by atoms with van der Waals surface area (Å²) in [6.07, 6.45) is 6.16. The second-order valence-electron chi connectivity index (χ2n) is 6.49. The van der Waals surface area contributed by atoms with Crippen LogP contribution in [0.1, 0.15) is 64.5 Å². The van der Waals surface area contributed by atoms with Gasteiger partial charge in [-0.2, -0.15) is 0 Å². The van der Waals surface area contributed by atoms with Gasteiger partial charge in [-0.15, -0.1) is 0 Å². The van der Waals surface area contributed by atoms with Crippen LogP contribution in [0, 0.1) is 0 Å². The maximum absolute atomic E-state index is 12.0. The van der Waals surface area contributed by atoms with E-state index in [9.17, 15) is 4.79 Å². The van der Waals surface area contributed by atoms with Gasteiger partial charge in [0.15, 0.2) is 0 Å². The molecule has 0 fully saturated rings. The molecular formula is C19H28O2. The highest BCUT2D eigenvalue weighted by Gasteiger charge is 2.19. The lowest BCUT2D eigenvalue weighted by Gasteiger charge is -2.20. The molecule has 0 aliphatic heterocycles. The van der Waals surface area contributed by atoms with Crippen molar-refractivity contribution >= 4 is 11.5 Å². The summed E-state index contributed by atoms with van der Waals surface area (Å²) in [5, 5.41) is 0. The van der Waals surface area contributed by atoms with Crippen molar-refractivity contribution in [2.75, 3.05) is 0 Å². The van der Waals surface area contributed by atoms with Gasteiger partial charge < -0.3 is 4.74 Å². The third-order valence-corrected chi connectivity index (χ3v) is 3.27. The second-order valence-corrected chi connectivity index (χ2v) is 6.49. The molecule has 0 radical (unpaired) electrons. The molecule has 0 saturated heterocycles. The molecule has 1 rings (SSSR count). The zero-order chi connectivity index (χ0) is 15.9. The van der Waals surface area contributed by atoms with Crippen LogP contribution in [0.15, 0.2) is 30.8 Å². The molecular weight excluding hydrogens is 260 g/mol. The van der Waals surface area contributed by atoms with Crippen LogP contribution in [0.25, 0.3) is 5.57 Å². The molecule has 1 aromatic carbocycles. The van der Waals surface area contributed by atoms with Gasteiger partial charge in [-0.25, -0.2) is 4.79 Å². The van der Waals surface area contributed by atoms with E-state index in [0.29, 0.717) is 5.57 Å². The molecule has 0 unspecified atom stereocenters. The van der Waals surface area contributed by atoms with Crippen molar-refractivity contribution in [3.8, 4) is 0 Å². The summed E-state index contributed by atoms with van der Waals surface area (Å²) in [5.74, 6) is -0.349. The Hall–Kier alpha value is -1.57. The van der Waals surface area contributed by atoms with E-state index in [4.69, 9.17) is 4.74 Å². The molecule has 0 bridgehead atoms. The summed E-state index contributed by atoms with van der Waals surface area (Å²) in [6, 6.07) is 8.08. The van der Waals surface area contributed by atoms with E-state index in [1.807, 2.05) is 32.9 Å². The normalized spacial score (nSPS) is 11.2. The number of aryl methyl sites for hydroxylation is 1. The molecule has 0 N–H and O–H groups in total. The average molecular weight is 288 g/mol. The minimum Gasteiger partial charge on any atom is -0.456 e. The first kappa shape index (κ1) is 17.5. The van der Waals surface area contributed by atoms with Gasteiger partial charge in [0.2, 0.25) is 0 Å². The minimum atomic E-state index is -0.487. The van der Waals surface area contributed by atoms with Crippen LogP contribution < -0.4 is 0 Å². The SMILES string of the molecule is C=C(C(=O)OC(C)(C)C)c1ccc(CCCCCC)cc1. The number of hydrogen-bond acceptors (Lipinski definition) is 2. The Bertz CT molecular complexity index is 463. The zero-order valence-corrected chi connectivity index (χ0v) is 13.9. The van der Waals surface area contributed by atoms with Crippen molar-refractivity contribution < 1.29 is 9.53 Å². The van der Waals surface area contributed by atoms with Crippen LogP contribution in [-0.2, 0) is 16.0 Å². The molecule has 21 heavy (non-hydrogen) atoms. The fourth-order valence-corrected chi connectivity index (χ4v) is 2.09. The van der Waals surface area contributed by atoms with Crippen LogP contribution in [0.5, 0.6) is 0 Å². The van der Waals surface area contributed by atoms with Crippen molar-refractivity contribution in [3.63, 3.8) is 0 Å². The maximum atomic E-state index is 12.0. The highest BCUT2D eigenvalue weighted by Crippen LogP contribution is 2.19. The van der Waals surface area contributed by atoms with Crippen LogP contribution in [0.2, 0.25) is 0 Å².